The molecule has 0 unspecified atom stereocenters. The summed E-state index contributed by atoms with van der Waals surface area (Å²) in [5, 5.41) is 2.53. The average Bonchev–Trinajstić information content (AvgIpc) is 3.56. The molecule has 0 atom stereocenters. The molecule has 1 nitrogen and oxygen atoms in total. The van der Waals surface area contributed by atoms with Gasteiger partial charge in [-0.1, -0.05) is 157 Å². The fourth-order valence-corrected chi connectivity index (χ4v) is 11.1. The van der Waals surface area contributed by atoms with Crippen LogP contribution in [-0.2, 0) is 5.41 Å². The summed E-state index contributed by atoms with van der Waals surface area (Å²) in [5.74, 6) is 0. The molecule has 1 spiro atoms. The van der Waals surface area contributed by atoms with Crippen LogP contribution in [0.3, 0.4) is 0 Å². The quantitative estimate of drug-likeness (QED) is 0.181. The number of aromatic nitrogens is 1. The van der Waals surface area contributed by atoms with Crippen LogP contribution < -0.4 is 0 Å². The van der Waals surface area contributed by atoms with Crippen LogP contribution >= 0.6 is 23.5 Å². The monoisotopic (exact) mass is 697 g/mol. The molecule has 3 heteroatoms. The summed E-state index contributed by atoms with van der Waals surface area (Å²) in [4.78, 5) is 5.23. The van der Waals surface area contributed by atoms with Gasteiger partial charge in [-0.15, -0.1) is 0 Å². The first-order valence-corrected chi connectivity index (χ1v) is 19.4. The molecule has 0 bridgehead atoms. The van der Waals surface area contributed by atoms with E-state index in [2.05, 4.69) is 193 Å². The number of benzene rings is 8. The van der Waals surface area contributed by atoms with E-state index in [1.54, 1.807) is 0 Å². The summed E-state index contributed by atoms with van der Waals surface area (Å²) in [6.07, 6.45) is 0. The fraction of sp³-hybridized carbons (Fsp3) is 0.0204. The predicted octanol–water partition coefficient (Wildman–Crippen LogP) is 13.4. The van der Waals surface area contributed by atoms with Crippen LogP contribution in [0, 0.1) is 0 Å². The van der Waals surface area contributed by atoms with Crippen LogP contribution in [0.25, 0.3) is 49.7 Å². The molecule has 0 fully saturated rings. The van der Waals surface area contributed by atoms with Crippen LogP contribution in [0.15, 0.2) is 208 Å². The molecule has 9 aromatic rings. The normalized spacial score (nSPS) is 13.8. The minimum absolute atomic E-state index is 0.505. The van der Waals surface area contributed by atoms with Crippen molar-refractivity contribution in [3.63, 3.8) is 0 Å². The Hall–Kier alpha value is -5.74. The third-order valence-electron chi connectivity index (χ3n) is 10.9. The second kappa shape index (κ2) is 11.6. The summed E-state index contributed by atoms with van der Waals surface area (Å²) in [6, 6.07) is 69.8. The smallest absolute Gasteiger partial charge is 0.0745 e. The van der Waals surface area contributed by atoms with Crippen molar-refractivity contribution in [2.45, 2.75) is 25.0 Å². The van der Waals surface area contributed by atoms with Crippen molar-refractivity contribution in [2.24, 2.45) is 0 Å². The Morgan fingerprint density at radius 2 is 0.904 bits per heavy atom. The first-order chi connectivity index (χ1) is 25.8. The van der Waals surface area contributed by atoms with E-state index in [-0.39, 0.29) is 0 Å². The Morgan fingerprint density at radius 1 is 0.365 bits per heavy atom. The van der Waals surface area contributed by atoms with Crippen LogP contribution in [0.2, 0.25) is 0 Å². The van der Waals surface area contributed by atoms with Gasteiger partial charge in [0.05, 0.1) is 16.4 Å². The molecule has 11 rings (SSSR count). The third-order valence-corrected chi connectivity index (χ3v) is 13.2. The van der Waals surface area contributed by atoms with E-state index in [0.717, 1.165) is 0 Å². The van der Waals surface area contributed by atoms with Gasteiger partial charge in [-0.3, -0.25) is 0 Å². The first kappa shape index (κ1) is 29.9. The van der Waals surface area contributed by atoms with E-state index in [1.807, 2.05) is 23.5 Å². The van der Waals surface area contributed by atoms with Gasteiger partial charge in [0.15, 0.2) is 0 Å². The molecule has 0 N–H and O–H groups in total. The number of fused-ring (bicyclic) bond motifs is 11. The molecule has 8 aromatic carbocycles. The summed E-state index contributed by atoms with van der Waals surface area (Å²) in [7, 11) is 0. The van der Waals surface area contributed by atoms with Crippen molar-refractivity contribution >= 4 is 45.3 Å². The number of rotatable bonds is 3. The maximum atomic E-state index is 2.52. The van der Waals surface area contributed by atoms with Crippen molar-refractivity contribution < 1.29 is 0 Å². The Balaban J connectivity index is 1.24. The predicted molar refractivity (Wildman–Crippen MR) is 218 cm³/mol. The topological polar surface area (TPSA) is 4.93 Å². The average molecular weight is 698 g/mol. The summed E-state index contributed by atoms with van der Waals surface area (Å²) in [5.41, 5.74) is 13.4. The molecule has 0 radical (unpaired) electrons. The lowest BCUT2D eigenvalue weighted by molar-refractivity contribution is 0.668. The molecular formula is C49H31NS2. The molecular weight excluding hydrogens is 667 g/mol. The minimum atomic E-state index is -0.505. The highest BCUT2D eigenvalue weighted by molar-refractivity contribution is 8.00. The Bertz CT molecular complexity index is 2810. The fourth-order valence-electron chi connectivity index (χ4n) is 8.74. The number of hydrogen-bond donors (Lipinski definition) is 0. The van der Waals surface area contributed by atoms with Gasteiger partial charge < -0.3 is 4.57 Å². The Kier molecular flexibility index (Phi) is 6.70. The van der Waals surface area contributed by atoms with E-state index in [4.69, 9.17) is 0 Å². The lowest BCUT2D eigenvalue weighted by atomic mass is 9.64. The van der Waals surface area contributed by atoms with Crippen molar-refractivity contribution in [1.82, 2.24) is 4.57 Å². The summed E-state index contributed by atoms with van der Waals surface area (Å²) < 4.78 is 2.45. The van der Waals surface area contributed by atoms with Crippen LogP contribution in [0.4, 0.5) is 0 Å². The molecule has 0 saturated carbocycles. The molecule has 244 valence electrons. The maximum absolute atomic E-state index is 2.52. The van der Waals surface area contributed by atoms with Crippen LogP contribution in [-0.4, -0.2) is 4.57 Å². The highest BCUT2D eigenvalue weighted by atomic mass is 32.2. The van der Waals surface area contributed by atoms with Gasteiger partial charge in [-0.2, -0.15) is 0 Å². The number of hydrogen-bond acceptors (Lipinski definition) is 2. The molecule has 2 aliphatic heterocycles. The van der Waals surface area contributed by atoms with Crippen LogP contribution in [0.5, 0.6) is 0 Å². The van der Waals surface area contributed by atoms with E-state index >= 15 is 0 Å². The molecule has 52 heavy (non-hydrogen) atoms. The minimum Gasteiger partial charge on any atom is -0.309 e. The summed E-state index contributed by atoms with van der Waals surface area (Å²) >= 11 is 3.80. The third kappa shape index (κ3) is 4.27. The van der Waals surface area contributed by atoms with Gasteiger partial charge in [0.1, 0.15) is 0 Å². The van der Waals surface area contributed by atoms with Crippen molar-refractivity contribution in [1.29, 1.82) is 0 Å². The largest absolute Gasteiger partial charge is 0.309 e. The molecule has 2 aliphatic rings. The van der Waals surface area contributed by atoms with Crippen molar-refractivity contribution in [3.05, 3.63) is 210 Å². The van der Waals surface area contributed by atoms with Gasteiger partial charge in [0.25, 0.3) is 0 Å². The van der Waals surface area contributed by atoms with E-state index in [1.165, 1.54) is 91.6 Å². The number of para-hydroxylation sites is 3. The molecule has 0 amide bonds. The van der Waals surface area contributed by atoms with Gasteiger partial charge in [0.2, 0.25) is 0 Å². The lowest BCUT2D eigenvalue weighted by Gasteiger charge is -2.46. The second-order valence-electron chi connectivity index (χ2n) is 13.6. The summed E-state index contributed by atoms with van der Waals surface area (Å²) in [6.45, 7) is 0. The number of nitrogens with zero attached hydrogens (tertiary/aromatic N) is 1. The first-order valence-electron chi connectivity index (χ1n) is 17.8. The highest BCUT2D eigenvalue weighted by Crippen LogP contribution is 2.62. The molecule has 3 heterocycles. The molecule has 1 aromatic heterocycles. The van der Waals surface area contributed by atoms with Gasteiger partial charge >= 0.3 is 0 Å². The Morgan fingerprint density at radius 3 is 1.62 bits per heavy atom. The van der Waals surface area contributed by atoms with E-state index in [9.17, 15) is 0 Å². The van der Waals surface area contributed by atoms with Crippen molar-refractivity contribution in [3.8, 4) is 27.9 Å². The zero-order chi connectivity index (χ0) is 34.2. The zero-order valence-electron chi connectivity index (χ0n) is 28.2. The second-order valence-corrected chi connectivity index (χ2v) is 15.8. The van der Waals surface area contributed by atoms with Crippen LogP contribution in [0.1, 0.15) is 22.3 Å². The molecule has 0 saturated heterocycles. The van der Waals surface area contributed by atoms with Gasteiger partial charge in [-0.05, 0) is 93.5 Å². The lowest BCUT2D eigenvalue weighted by Crippen LogP contribution is -2.36. The van der Waals surface area contributed by atoms with Gasteiger partial charge in [0, 0.05) is 41.6 Å². The van der Waals surface area contributed by atoms with E-state index in [0.29, 0.717) is 0 Å². The standard InChI is InChI=1S/C49H31NS2/c1-3-14-32(15-4-1)33-26-28-46-41(30-33)49(39-21-8-11-24-44(39)51-45-25-12-9-22-40(45)49)42-31-34(27-29-47(42)52-46)36-19-13-20-38-37-18-7-10-23-43(37)50(48(36)38)35-16-5-2-6-17-35/h1-31H. The highest BCUT2D eigenvalue weighted by Gasteiger charge is 2.49. The molecule has 0 aliphatic carbocycles. The zero-order valence-corrected chi connectivity index (χ0v) is 29.8. The van der Waals surface area contributed by atoms with E-state index < -0.39 is 5.41 Å². The Labute approximate surface area is 311 Å². The van der Waals surface area contributed by atoms with Crippen molar-refractivity contribution in [2.75, 3.05) is 0 Å². The SMILES string of the molecule is c1ccc(-c2ccc3c(c2)C2(c4ccccc4Sc4ccccc42)c2cc(-c4cccc5c6ccccc6n(-c6ccccc6)c45)ccc2S3)cc1. The van der Waals surface area contributed by atoms with Gasteiger partial charge in [-0.25, -0.2) is 0 Å². The maximum Gasteiger partial charge on any atom is 0.0745 e.